The summed E-state index contributed by atoms with van der Waals surface area (Å²) in [6.45, 7) is 0.370. The van der Waals surface area contributed by atoms with Gasteiger partial charge < -0.3 is 16.0 Å². The summed E-state index contributed by atoms with van der Waals surface area (Å²) in [6.07, 6.45) is -2.48. The van der Waals surface area contributed by atoms with Gasteiger partial charge in [0.1, 0.15) is 5.82 Å². The lowest BCUT2D eigenvalue weighted by Crippen LogP contribution is -2.50. The van der Waals surface area contributed by atoms with Crippen LogP contribution in [0, 0.1) is 11.7 Å². The highest BCUT2D eigenvalue weighted by atomic mass is 19.4. The standard InChI is InChI=1S/C18H23F4N3O2/c19-14-8-3-1-6-12(14)16(26)23-10-5-11-24-17(27)25-15-9-4-2-7-13(15)18(20,21)22/h1,3,6,8,13,15H,2,4-5,7,9-11H2,(H,23,26)(H2,24,25,27)/t13-,15+/m1/s1. The van der Waals surface area contributed by atoms with Crippen molar-refractivity contribution < 1.29 is 27.2 Å². The summed E-state index contributed by atoms with van der Waals surface area (Å²) < 4.78 is 52.5. The maximum Gasteiger partial charge on any atom is 0.393 e. The molecule has 1 saturated carbocycles. The van der Waals surface area contributed by atoms with Gasteiger partial charge in [-0.15, -0.1) is 0 Å². The number of alkyl halides is 3. The fourth-order valence-corrected chi connectivity index (χ4v) is 3.15. The third-order valence-corrected chi connectivity index (χ3v) is 4.55. The van der Waals surface area contributed by atoms with Crippen molar-refractivity contribution in [3.05, 3.63) is 35.6 Å². The fraction of sp³-hybridized carbons (Fsp3) is 0.556. The molecule has 0 aliphatic heterocycles. The molecule has 9 heteroatoms. The Morgan fingerprint density at radius 2 is 1.70 bits per heavy atom. The van der Waals surface area contributed by atoms with Gasteiger partial charge in [0.25, 0.3) is 5.91 Å². The second-order valence-electron chi connectivity index (χ2n) is 6.53. The lowest BCUT2D eigenvalue weighted by molar-refractivity contribution is -0.187. The van der Waals surface area contributed by atoms with Crippen molar-refractivity contribution in [1.29, 1.82) is 0 Å². The maximum absolute atomic E-state index is 13.5. The molecule has 0 heterocycles. The Morgan fingerprint density at radius 1 is 1.04 bits per heavy atom. The zero-order valence-corrected chi connectivity index (χ0v) is 14.7. The van der Waals surface area contributed by atoms with Crippen molar-refractivity contribution in [3.63, 3.8) is 0 Å². The average Bonchev–Trinajstić information content (AvgIpc) is 2.61. The summed E-state index contributed by atoms with van der Waals surface area (Å²) in [7, 11) is 0. The number of halogens is 4. The van der Waals surface area contributed by atoms with Gasteiger partial charge in [0, 0.05) is 19.1 Å². The van der Waals surface area contributed by atoms with E-state index >= 15 is 0 Å². The van der Waals surface area contributed by atoms with Crippen LogP contribution < -0.4 is 16.0 Å². The molecule has 3 amide bonds. The highest BCUT2D eigenvalue weighted by molar-refractivity contribution is 5.94. The number of amides is 3. The molecule has 27 heavy (non-hydrogen) atoms. The van der Waals surface area contributed by atoms with Crippen LogP contribution in [0.15, 0.2) is 24.3 Å². The predicted molar refractivity (Wildman–Crippen MR) is 91.7 cm³/mol. The van der Waals surface area contributed by atoms with Gasteiger partial charge in [0.05, 0.1) is 11.5 Å². The molecule has 0 radical (unpaired) electrons. The van der Waals surface area contributed by atoms with Gasteiger partial charge in [-0.05, 0) is 31.4 Å². The zero-order valence-electron chi connectivity index (χ0n) is 14.7. The van der Waals surface area contributed by atoms with Crippen molar-refractivity contribution in [2.24, 2.45) is 5.92 Å². The van der Waals surface area contributed by atoms with E-state index in [0.717, 1.165) is 0 Å². The highest BCUT2D eigenvalue weighted by Crippen LogP contribution is 2.37. The van der Waals surface area contributed by atoms with E-state index in [2.05, 4.69) is 16.0 Å². The molecule has 1 aromatic rings. The third-order valence-electron chi connectivity index (χ3n) is 4.55. The first kappa shape index (κ1) is 21.0. The molecule has 0 saturated heterocycles. The van der Waals surface area contributed by atoms with E-state index in [-0.39, 0.29) is 25.1 Å². The van der Waals surface area contributed by atoms with E-state index in [1.165, 1.54) is 18.2 Å². The van der Waals surface area contributed by atoms with Crippen LogP contribution in [0.5, 0.6) is 0 Å². The van der Waals surface area contributed by atoms with Crippen molar-refractivity contribution in [3.8, 4) is 0 Å². The zero-order chi connectivity index (χ0) is 19.9. The molecule has 5 nitrogen and oxygen atoms in total. The van der Waals surface area contributed by atoms with Crippen LogP contribution >= 0.6 is 0 Å². The number of nitrogens with one attached hydrogen (secondary N) is 3. The topological polar surface area (TPSA) is 70.2 Å². The minimum atomic E-state index is -4.32. The van der Waals surface area contributed by atoms with Crippen LogP contribution in [0.3, 0.4) is 0 Å². The molecule has 0 aromatic heterocycles. The van der Waals surface area contributed by atoms with Crippen molar-refractivity contribution in [2.75, 3.05) is 13.1 Å². The molecule has 1 aliphatic carbocycles. The van der Waals surface area contributed by atoms with E-state index in [1.807, 2.05) is 0 Å². The van der Waals surface area contributed by atoms with E-state index < -0.39 is 35.9 Å². The van der Waals surface area contributed by atoms with Gasteiger partial charge >= 0.3 is 12.2 Å². The molecule has 1 fully saturated rings. The Bertz CT molecular complexity index is 652. The first-order valence-corrected chi connectivity index (χ1v) is 8.93. The summed E-state index contributed by atoms with van der Waals surface area (Å²) in [5, 5.41) is 7.41. The Labute approximate surface area is 154 Å². The quantitative estimate of drug-likeness (QED) is 0.516. The molecule has 1 aliphatic rings. The van der Waals surface area contributed by atoms with Crippen molar-refractivity contribution in [2.45, 2.75) is 44.3 Å². The molecule has 2 rings (SSSR count). The summed E-state index contributed by atoms with van der Waals surface area (Å²) in [5.74, 6) is -2.70. The smallest absolute Gasteiger partial charge is 0.352 e. The molecule has 0 bridgehead atoms. The van der Waals surface area contributed by atoms with Crippen LogP contribution in [-0.2, 0) is 0 Å². The lowest BCUT2D eigenvalue weighted by atomic mass is 9.84. The van der Waals surface area contributed by atoms with Crippen LogP contribution in [-0.4, -0.2) is 37.2 Å². The second kappa shape index (κ2) is 9.57. The number of carbonyl (C=O) groups excluding carboxylic acids is 2. The van der Waals surface area contributed by atoms with Crippen molar-refractivity contribution >= 4 is 11.9 Å². The number of benzene rings is 1. The normalized spacial score (nSPS) is 20.0. The second-order valence-corrected chi connectivity index (χ2v) is 6.53. The van der Waals surface area contributed by atoms with E-state index in [0.29, 0.717) is 25.7 Å². The monoisotopic (exact) mass is 389 g/mol. The van der Waals surface area contributed by atoms with Crippen molar-refractivity contribution in [1.82, 2.24) is 16.0 Å². The first-order chi connectivity index (χ1) is 12.8. The predicted octanol–water partition coefficient (Wildman–Crippen LogP) is 3.37. The summed E-state index contributed by atoms with van der Waals surface area (Å²) in [4.78, 5) is 23.6. The maximum atomic E-state index is 13.5. The molecular formula is C18H23F4N3O2. The summed E-state index contributed by atoms with van der Waals surface area (Å²) in [6, 6.07) is 3.99. The molecule has 1 aromatic carbocycles. The number of hydrogen-bond donors (Lipinski definition) is 3. The SMILES string of the molecule is O=C(NCCCNC(=O)c1ccccc1F)N[C@H]1CCCC[C@H]1C(F)(F)F. The molecule has 0 spiro atoms. The summed E-state index contributed by atoms with van der Waals surface area (Å²) >= 11 is 0. The highest BCUT2D eigenvalue weighted by Gasteiger charge is 2.45. The largest absolute Gasteiger partial charge is 0.393 e. The van der Waals surface area contributed by atoms with E-state index in [9.17, 15) is 27.2 Å². The van der Waals surface area contributed by atoms with Crippen LogP contribution in [0.2, 0.25) is 0 Å². The molecule has 150 valence electrons. The van der Waals surface area contributed by atoms with Gasteiger partial charge in [-0.2, -0.15) is 13.2 Å². The molecular weight excluding hydrogens is 366 g/mol. The summed E-state index contributed by atoms with van der Waals surface area (Å²) in [5.41, 5.74) is -0.0707. The number of hydrogen-bond acceptors (Lipinski definition) is 2. The van der Waals surface area contributed by atoms with Gasteiger partial charge in [-0.25, -0.2) is 9.18 Å². The number of carbonyl (C=O) groups is 2. The third kappa shape index (κ3) is 6.41. The fourth-order valence-electron chi connectivity index (χ4n) is 3.15. The van der Waals surface area contributed by atoms with E-state index in [4.69, 9.17) is 0 Å². The number of rotatable bonds is 6. The molecule has 0 unspecified atom stereocenters. The van der Waals surface area contributed by atoms with Gasteiger partial charge in [0.15, 0.2) is 0 Å². The van der Waals surface area contributed by atoms with Crippen LogP contribution in [0.25, 0.3) is 0 Å². The Hall–Kier alpha value is -2.32. The van der Waals surface area contributed by atoms with Gasteiger partial charge in [-0.1, -0.05) is 25.0 Å². The van der Waals surface area contributed by atoms with Gasteiger partial charge in [-0.3, -0.25) is 4.79 Å². The van der Waals surface area contributed by atoms with Crippen LogP contribution in [0.4, 0.5) is 22.4 Å². The average molecular weight is 389 g/mol. The molecule has 2 atom stereocenters. The van der Waals surface area contributed by atoms with Crippen LogP contribution in [0.1, 0.15) is 42.5 Å². The molecule has 3 N–H and O–H groups in total. The minimum Gasteiger partial charge on any atom is -0.352 e. The lowest BCUT2D eigenvalue weighted by Gasteiger charge is -2.33. The number of urea groups is 1. The Morgan fingerprint density at radius 3 is 2.41 bits per heavy atom. The first-order valence-electron chi connectivity index (χ1n) is 8.93. The Balaban J connectivity index is 1.67. The minimum absolute atomic E-state index is 0.0243. The van der Waals surface area contributed by atoms with E-state index in [1.54, 1.807) is 6.07 Å². The Kier molecular flexibility index (Phi) is 7.44. The van der Waals surface area contributed by atoms with Gasteiger partial charge in [0.2, 0.25) is 0 Å².